The quantitative estimate of drug-likeness (QED) is 0.810. The molecule has 0 radical (unpaired) electrons. The van der Waals surface area contributed by atoms with Crippen LogP contribution in [0.4, 0.5) is 14.5 Å². The first-order valence-corrected chi connectivity index (χ1v) is 6.59. The molecule has 0 bridgehead atoms. The van der Waals surface area contributed by atoms with Gasteiger partial charge in [-0.25, -0.2) is 8.78 Å². The number of anilines is 1. The smallest absolute Gasteiger partial charge is 0.256 e. The number of halogens is 2. The highest BCUT2D eigenvalue weighted by molar-refractivity contribution is 6.00. The second-order valence-electron chi connectivity index (χ2n) is 4.90. The second kappa shape index (κ2) is 7.01. The molecule has 1 rings (SSSR count). The van der Waals surface area contributed by atoms with Gasteiger partial charge in [-0.15, -0.1) is 0 Å². The van der Waals surface area contributed by atoms with Crippen LogP contribution in [0.5, 0.6) is 0 Å². The van der Waals surface area contributed by atoms with E-state index in [1.54, 1.807) is 20.8 Å². The molecule has 0 aromatic heterocycles. The SMILES string of the molecule is CCN(CC(=O)NC(C)C)C(=O)c1cc(F)c(F)cc1N. The molecule has 21 heavy (non-hydrogen) atoms. The summed E-state index contributed by atoms with van der Waals surface area (Å²) in [5, 5.41) is 2.65. The fourth-order valence-electron chi connectivity index (χ4n) is 1.79. The van der Waals surface area contributed by atoms with E-state index >= 15 is 0 Å². The summed E-state index contributed by atoms with van der Waals surface area (Å²) in [7, 11) is 0. The number of hydrogen-bond donors (Lipinski definition) is 2. The standard InChI is InChI=1S/C14H19F2N3O2/c1-4-19(7-13(20)18-8(2)3)14(21)9-5-10(15)11(16)6-12(9)17/h5-6,8H,4,7,17H2,1-3H3,(H,18,20). The molecular weight excluding hydrogens is 280 g/mol. The molecule has 0 heterocycles. The molecule has 0 saturated heterocycles. The molecule has 0 atom stereocenters. The molecule has 0 unspecified atom stereocenters. The van der Waals surface area contributed by atoms with E-state index < -0.39 is 17.5 Å². The van der Waals surface area contributed by atoms with Gasteiger partial charge in [0, 0.05) is 24.3 Å². The number of nitrogen functional groups attached to an aromatic ring is 1. The minimum absolute atomic E-state index is 0.0559. The van der Waals surface area contributed by atoms with E-state index in [2.05, 4.69) is 5.32 Å². The molecule has 1 aromatic carbocycles. The predicted molar refractivity (Wildman–Crippen MR) is 75.6 cm³/mol. The lowest BCUT2D eigenvalue weighted by Crippen LogP contribution is -2.42. The highest BCUT2D eigenvalue weighted by Crippen LogP contribution is 2.18. The van der Waals surface area contributed by atoms with Crippen LogP contribution in [0.3, 0.4) is 0 Å². The van der Waals surface area contributed by atoms with Crippen molar-refractivity contribution in [3.63, 3.8) is 0 Å². The lowest BCUT2D eigenvalue weighted by atomic mass is 10.1. The number of nitrogens with zero attached hydrogens (tertiary/aromatic N) is 1. The molecule has 2 amide bonds. The van der Waals surface area contributed by atoms with Gasteiger partial charge in [-0.05, 0) is 26.8 Å². The fourth-order valence-corrected chi connectivity index (χ4v) is 1.79. The molecule has 5 nitrogen and oxygen atoms in total. The van der Waals surface area contributed by atoms with Crippen LogP contribution in [-0.2, 0) is 4.79 Å². The van der Waals surface area contributed by atoms with E-state index in [1.807, 2.05) is 0 Å². The van der Waals surface area contributed by atoms with Gasteiger partial charge >= 0.3 is 0 Å². The second-order valence-corrected chi connectivity index (χ2v) is 4.90. The van der Waals surface area contributed by atoms with Crippen molar-refractivity contribution >= 4 is 17.5 Å². The molecule has 116 valence electrons. The Bertz CT molecular complexity index is 547. The summed E-state index contributed by atoms with van der Waals surface area (Å²) >= 11 is 0. The summed E-state index contributed by atoms with van der Waals surface area (Å²) in [6.45, 7) is 5.33. The molecule has 0 fully saturated rings. The third-order valence-electron chi connectivity index (χ3n) is 2.78. The summed E-state index contributed by atoms with van der Waals surface area (Å²) in [6, 6.07) is 1.44. The van der Waals surface area contributed by atoms with Crippen LogP contribution in [0.2, 0.25) is 0 Å². The van der Waals surface area contributed by atoms with Crippen molar-refractivity contribution in [1.29, 1.82) is 0 Å². The average molecular weight is 299 g/mol. The Hall–Kier alpha value is -2.18. The van der Waals surface area contributed by atoms with Gasteiger partial charge < -0.3 is 16.0 Å². The largest absolute Gasteiger partial charge is 0.398 e. The van der Waals surface area contributed by atoms with E-state index in [0.29, 0.717) is 0 Å². The molecule has 1 aromatic rings. The van der Waals surface area contributed by atoms with Gasteiger partial charge in [-0.1, -0.05) is 0 Å². The minimum Gasteiger partial charge on any atom is -0.398 e. The Morgan fingerprint density at radius 2 is 1.86 bits per heavy atom. The molecule has 7 heteroatoms. The third-order valence-corrected chi connectivity index (χ3v) is 2.78. The predicted octanol–water partition coefficient (Wildman–Crippen LogP) is 1.53. The van der Waals surface area contributed by atoms with Gasteiger partial charge in [0.2, 0.25) is 5.91 Å². The van der Waals surface area contributed by atoms with Crippen molar-refractivity contribution in [1.82, 2.24) is 10.2 Å². The van der Waals surface area contributed by atoms with Crippen LogP contribution < -0.4 is 11.1 Å². The van der Waals surface area contributed by atoms with Crippen LogP contribution in [0.25, 0.3) is 0 Å². The number of carbonyl (C=O) groups is 2. The highest BCUT2D eigenvalue weighted by Gasteiger charge is 2.21. The van der Waals surface area contributed by atoms with Gasteiger partial charge in [-0.3, -0.25) is 9.59 Å². The molecular formula is C14H19F2N3O2. The van der Waals surface area contributed by atoms with E-state index in [0.717, 1.165) is 12.1 Å². The Morgan fingerprint density at radius 1 is 1.29 bits per heavy atom. The maximum atomic E-state index is 13.2. The van der Waals surface area contributed by atoms with Crippen LogP contribution in [0.15, 0.2) is 12.1 Å². The van der Waals surface area contributed by atoms with E-state index in [-0.39, 0.29) is 36.3 Å². The number of carbonyl (C=O) groups excluding carboxylic acids is 2. The molecule has 0 aliphatic rings. The van der Waals surface area contributed by atoms with E-state index in [1.165, 1.54) is 4.90 Å². The van der Waals surface area contributed by atoms with E-state index in [4.69, 9.17) is 5.73 Å². The average Bonchev–Trinajstić information content (AvgIpc) is 2.38. The van der Waals surface area contributed by atoms with Crippen LogP contribution in [-0.4, -0.2) is 35.8 Å². The van der Waals surface area contributed by atoms with Crippen molar-refractivity contribution in [3.8, 4) is 0 Å². The van der Waals surface area contributed by atoms with Gasteiger partial charge in [0.15, 0.2) is 11.6 Å². The van der Waals surface area contributed by atoms with Crippen LogP contribution >= 0.6 is 0 Å². The summed E-state index contributed by atoms with van der Waals surface area (Å²) < 4.78 is 26.3. The topological polar surface area (TPSA) is 75.4 Å². The van der Waals surface area contributed by atoms with E-state index in [9.17, 15) is 18.4 Å². The Kier molecular flexibility index (Phi) is 5.63. The zero-order chi connectivity index (χ0) is 16.2. The molecule has 0 spiro atoms. The Morgan fingerprint density at radius 3 is 2.38 bits per heavy atom. The summed E-state index contributed by atoms with van der Waals surface area (Å²) in [5.41, 5.74) is 5.22. The summed E-state index contributed by atoms with van der Waals surface area (Å²) in [5.74, 6) is -3.23. The first kappa shape index (κ1) is 16.9. The minimum atomic E-state index is -1.16. The van der Waals surface area contributed by atoms with Gasteiger partial charge in [0.25, 0.3) is 5.91 Å². The maximum absolute atomic E-state index is 13.2. The lowest BCUT2D eigenvalue weighted by molar-refractivity contribution is -0.122. The summed E-state index contributed by atoms with van der Waals surface area (Å²) in [6.07, 6.45) is 0. The number of amides is 2. The van der Waals surface area contributed by atoms with Gasteiger partial charge in [-0.2, -0.15) is 0 Å². The lowest BCUT2D eigenvalue weighted by Gasteiger charge is -2.22. The van der Waals surface area contributed by atoms with Crippen molar-refractivity contribution in [2.75, 3.05) is 18.8 Å². The van der Waals surface area contributed by atoms with Crippen molar-refractivity contribution in [3.05, 3.63) is 29.3 Å². The zero-order valence-electron chi connectivity index (χ0n) is 12.2. The maximum Gasteiger partial charge on any atom is 0.256 e. The number of likely N-dealkylation sites (N-methyl/N-ethyl adjacent to an activating group) is 1. The highest BCUT2D eigenvalue weighted by atomic mass is 19.2. The number of benzene rings is 1. The molecule has 3 N–H and O–H groups in total. The Labute approximate surface area is 122 Å². The van der Waals surface area contributed by atoms with Gasteiger partial charge in [0.05, 0.1) is 12.1 Å². The van der Waals surface area contributed by atoms with Crippen molar-refractivity contribution < 1.29 is 18.4 Å². The normalized spacial score (nSPS) is 10.6. The van der Waals surface area contributed by atoms with Crippen LogP contribution in [0.1, 0.15) is 31.1 Å². The first-order chi connectivity index (χ1) is 9.76. The van der Waals surface area contributed by atoms with Gasteiger partial charge in [0.1, 0.15) is 0 Å². The van der Waals surface area contributed by atoms with Crippen LogP contribution in [0, 0.1) is 11.6 Å². The third kappa shape index (κ3) is 4.40. The fraction of sp³-hybridized carbons (Fsp3) is 0.429. The monoisotopic (exact) mass is 299 g/mol. The number of nitrogens with one attached hydrogen (secondary N) is 1. The molecule has 0 saturated carbocycles. The first-order valence-electron chi connectivity index (χ1n) is 6.59. The Balaban J connectivity index is 2.94. The number of rotatable bonds is 5. The molecule has 0 aliphatic carbocycles. The van der Waals surface area contributed by atoms with Crippen molar-refractivity contribution in [2.45, 2.75) is 26.8 Å². The zero-order valence-corrected chi connectivity index (χ0v) is 12.2. The summed E-state index contributed by atoms with van der Waals surface area (Å²) in [4.78, 5) is 25.2. The number of nitrogens with two attached hydrogens (primary N) is 1. The molecule has 0 aliphatic heterocycles. The number of hydrogen-bond acceptors (Lipinski definition) is 3. The van der Waals surface area contributed by atoms with Crippen molar-refractivity contribution in [2.24, 2.45) is 0 Å².